The number of para-hydroxylation sites is 1. The minimum absolute atomic E-state index is 0.0809. The van der Waals surface area contributed by atoms with E-state index in [0.717, 1.165) is 6.42 Å². The van der Waals surface area contributed by atoms with Crippen molar-refractivity contribution in [3.63, 3.8) is 0 Å². The van der Waals surface area contributed by atoms with Crippen molar-refractivity contribution in [2.24, 2.45) is 0 Å². The second-order valence-corrected chi connectivity index (χ2v) is 7.18. The maximum absolute atomic E-state index is 11.3. The number of hydrogen-bond acceptors (Lipinski definition) is 5. The first-order valence-corrected chi connectivity index (χ1v) is 8.85. The molecule has 0 atom stereocenters. The smallest absolute Gasteiger partial charge is 0.269 e. The first-order valence-electron chi connectivity index (χ1n) is 7.03. The number of carbonyl (C=O) groups excluding carboxylic acids is 1. The van der Waals surface area contributed by atoms with Gasteiger partial charge in [0.25, 0.3) is 5.69 Å². The van der Waals surface area contributed by atoms with Crippen LogP contribution in [0, 0.1) is 10.1 Å². The van der Waals surface area contributed by atoms with Crippen LogP contribution < -0.4 is 0 Å². The molecule has 1 heterocycles. The Morgan fingerprint density at radius 1 is 1.23 bits per heavy atom. The lowest BCUT2D eigenvalue weighted by atomic mass is 10.3. The van der Waals surface area contributed by atoms with Gasteiger partial charge in [-0.1, -0.05) is 25.1 Å². The van der Waals surface area contributed by atoms with E-state index in [1.807, 2.05) is 6.92 Å². The third kappa shape index (κ3) is 6.21. The molecule has 0 aliphatic carbocycles. The Kier molecular flexibility index (Phi) is 6.97. The molecule has 0 spiro atoms. The molecule has 7 nitrogen and oxygen atoms in total. The Hall–Kier alpha value is -1.96. The zero-order valence-electron chi connectivity index (χ0n) is 12.5. The minimum Gasteiger partial charge on any atom is -0.341 e. The molecule has 0 saturated carbocycles. The van der Waals surface area contributed by atoms with E-state index >= 15 is 0 Å². The van der Waals surface area contributed by atoms with Crippen molar-refractivity contribution in [1.82, 2.24) is 4.90 Å². The van der Waals surface area contributed by atoms with Crippen molar-refractivity contribution in [3.8, 4) is 0 Å². The summed E-state index contributed by atoms with van der Waals surface area (Å²) in [7, 11) is -2.86. The number of hydrogen-bond donors (Lipinski definition) is 0. The maximum Gasteiger partial charge on any atom is 0.269 e. The van der Waals surface area contributed by atoms with Crippen LogP contribution in [0.2, 0.25) is 0 Å². The van der Waals surface area contributed by atoms with Gasteiger partial charge in [0, 0.05) is 31.6 Å². The third-order valence-electron chi connectivity index (χ3n) is 3.13. The molecule has 1 aliphatic rings. The highest BCUT2D eigenvalue weighted by atomic mass is 32.2. The molecule has 0 bridgehead atoms. The predicted molar refractivity (Wildman–Crippen MR) is 83.2 cm³/mol. The highest BCUT2D eigenvalue weighted by Gasteiger charge is 2.23. The topological polar surface area (TPSA) is 97.6 Å². The van der Waals surface area contributed by atoms with Crippen LogP contribution in [0.15, 0.2) is 30.3 Å². The second kappa shape index (κ2) is 8.47. The van der Waals surface area contributed by atoms with Crippen molar-refractivity contribution >= 4 is 21.4 Å². The van der Waals surface area contributed by atoms with Crippen molar-refractivity contribution in [1.29, 1.82) is 0 Å². The quantitative estimate of drug-likeness (QED) is 0.620. The van der Waals surface area contributed by atoms with Gasteiger partial charge in [-0.2, -0.15) is 0 Å². The van der Waals surface area contributed by atoms with Crippen LogP contribution in [0.3, 0.4) is 0 Å². The predicted octanol–water partition coefficient (Wildman–Crippen LogP) is 1.64. The molecule has 0 radical (unpaired) electrons. The zero-order valence-corrected chi connectivity index (χ0v) is 13.3. The first kappa shape index (κ1) is 18.1. The maximum atomic E-state index is 11.3. The molecular formula is C14H20N2O5S. The summed E-state index contributed by atoms with van der Waals surface area (Å²) in [6.45, 7) is 2.70. The molecule has 122 valence electrons. The summed E-state index contributed by atoms with van der Waals surface area (Å²) in [5, 5.41) is 10.0. The summed E-state index contributed by atoms with van der Waals surface area (Å²) in [5.74, 6) is 0.336. The van der Waals surface area contributed by atoms with Gasteiger partial charge in [-0.15, -0.1) is 0 Å². The normalized spacial score (nSPS) is 16.3. The fraction of sp³-hybridized carbons (Fsp3) is 0.500. The number of rotatable bonds is 3. The van der Waals surface area contributed by atoms with Crippen LogP contribution in [-0.4, -0.2) is 48.7 Å². The van der Waals surface area contributed by atoms with Crippen LogP contribution in [0.25, 0.3) is 0 Å². The summed E-state index contributed by atoms with van der Waals surface area (Å²) in [6.07, 6.45) is 1.35. The minimum atomic E-state index is -2.86. The Morgan fingerprint density at radius 3 is 2.18 bits per heavy atom. The number of nitro groups is 1. The van der Waals surface area contributed by atoms with Gasteiger partial charge < -0.3 is 4.90 Å². The van der Waals surface area contributed by atoms with Crippen LogP contribution in [-0.2, 0) is 14.6 Å². The van der Waals surface area contributed by atoms with E-state index in [0.29, 0.717) is 19.5 Å². The Labute approximate surface area is 130 Å². The Morgan fingerprint density at radius 2 is 1.77 bits per heavy atom. The molecule has 0 aromatic heterocycles. The van der Waals surface area contributed by atoms with Crippen molar-refractivity contribution < 1.29 is 18.1 Å². The molecule has 1 saturated heterocycles. The fourth-order valence-corrected chi connectivity index (χ4v) is 3.08. The molecule has 0 unspecified atom stereocenters. The molecule has 22 heavy (non-hydrogen) atoms. The van der Waals surface area contributed by atoms with E-state index in [4.69, 9.17) is 0 Å². The van der Waals surface area contributed by atoms with E-state index in [1.54, 1.807) is 23.1 Å². The van der Waals surface area contributed by atoms with E-state index in [9.17, 15) is 23.3 Å². The summed E-state index contributed by atoms with van der Waals surface area (Å²) in [4.78, 5) is 22.6. The number of sulfone groups is 1. The molecule has 1 aliphatic heterocycles. The van der Waals surface area contributed by atoms with E-state index in [-0.39, 0.29) is 23.1 Å². The highest BCUT2D eigenvalue weighted by molar-refractivity contribution is 7.91. The van der Waals surface area contributed by atoms with Gasteiger partial charge in [-0.3, -0.25) is 14.9 Å². The van der Waals surface area contributed by atoms with Gasteiger partial charge in [0.1, 0.15) is 0 Å². The highest BCUT2D eigenvalue weighted by Crippen LogP contribution is 2.07. The van der Waals surface area contributed by atoms with Crippen molar-refractivity contribution in [2.75, 3.05) is 24.6 Å². The van der Waals surface area contributed by atoms with E-state index < -0.39 is 14.8 Å². The number of nitro benzene ring substituents is 1. The van der Waals surface area contributed by atoms with Gasteiger partial charge in [0.15, 0.2) is 9.84 Å². The largest absolute Gasteiger partial charge is 0.341 e. The second-order valence-electron chi connectivity index (χ2n) is 4.88. The summed E-state index contributed by atoms with van der Waals surface area (Å²) < 4.78 is 22.1. The van der Waals surface area contributed by atoms with Crippen LogP contribution in [0.5, 0.6) is 0 Å². The lowest BCUT2D eigenvalue weighted by Gasteiger charge is -2.26. The van der Waals surface area contributed by atoms with Crippen LogP contribution >= 0.6 is 0 Å². The summed E-state index contributed by atoms with van der Waals surface area (Å²) >= 11 is 0. The molecule has 1 aromatic carbocycles. The number of benzene rings is 1. The molecule has 1 aromatic rings. The molecule has 1 fully saturated rings. The lowest BCUT2D eigenvalue weighted by Crippen LogP contribution is -2.43. The zero-order chi connectivity index (χ0) is 16.6. The molecule has 8 heteroatoms. The number of carbonyl (C=O) groups is 1. The van der Waals surface area contributed by atoms with Gasteiger partial charge in [-0.25, -0.2) is 8.42 Å². The molecule has 1 amide bonds. The Balaban J connectivity index is 0.000000235. The number of amides is 1. The van der Waals surface area contributed by atoms with Gasteiger partial charge >= 0.3 is 0 Å². The van der Waals surface area contributed by atoms with E-state index in [1.165, 1.54) is 12.1 Å². The van der Waals surface area contributed by atoms with Crippen LogP contribution in [0.4, 0.5) is 5.69 Å². The molecular weight excluding hydrogens is 308 g/mol. The average Bonchev–Trinajstić information content (AvgIpc) is 2.49. The van der Waals surface area contributed by atoms with Gasteiger partial charge in [0.2, 0.25) is 5.91 Å². The van der Waals surface area contributed by atoms with Crippen molar-refractivity contribution in [2.45, 2.75) is 19.8 Å². The lowest BCUT2D eigenvalue weighted by molar-refractivity contribution is -0.384. The van der Waals surface area contributed by atoms with Crippen LogP contribution in [0.1, 0.15) is 19.8 Å². The SMILES string of the molecule is CCCC(=O)N1CCS(=O)(=O)CC1.O=[N+]([O-])c1ccccc1. The van der Waals surface area contributed by atoms with Crippen molar-refractivity contribution in [3.05, 3.63) is 40.4 Å². The molecule has 0 N–H and O–H groups in total. The number of non-ortho nitro benzene ring substituents is 1. The fourth-order valence-electron chi connectivity index (χ4n) is 1.88. The standard InChI is InChI=1S/C8H15NO3S.C6H5NO2/c1-2-3-8(10)9-4-6-13(11,12)7-5-9;8-7(9)6-4-2-1-3-5-6/h2-7H2,1H3;1-5H. The van der Waals surface area contributed by atoms with Gasteiger partial charge in [0.05, 0.1) is 16.4 Å². The first-order chi connectivity index (χ1) is 10.4. The summed E-state index contributed by atoms with van der Waals surface area (Å²) in [5.41, 5.74) is 0.137. The molecule has 2 rings (SSSR count). The monoisotopic (exact) mass is 328 g/mol. The average molecular weight is 328 g/mol. The Bertz CT molecular complexity index is 587. The van der Waals surface area contributed by atoms with E-state index in [2.05, 4.69) is 0 Å². The summed E-state index contributed by atoms with van der Waals surface area (Å²) in [6, 6.07) is 7.93. The third-order valence-corrected chi connectivity index (χ3v) is 4.74. The number of nitrogens with zero attached hydrogens (tertiary/aromatic N) is 2. The van der Waals surface area contributed by atoms with Gasteiger partial charge in [-0.05, 0) is 6.42 Å².